The largest absolute Gasteiger partial charge is 0.550 e. The molecule has 0 saturated heterocycles. The van der Waals surface area contributed by atoms with Crippen LogP contribution in [0.25, 0.3) is 0 Å². The van der Waals surface area contributed by atoms with Gasteiger partial charge in [0.05, 0.1) is 8.48 Å². The summed E-state index contributed by atoms with van der Waals surface area (Å²) < 4.78 is 17.0. The molecule has 0 bridgehead atoms. The highest BCUT2D eigenvalue weighted by Gasteiger charge is 2.24. The average molecular weight is 261 g/mol. The van der Waals surface area contributed by atoms with Crippen LogP contribution in [0, 0.1) is 0 Å². The molecule has 0 aromatic rings. The van der Waals surface area contributed by atoms with Crippen LogP contribution >= 0.6 is 0 Å². The van der Waals surface area contributed by atoms with Gasteiger partial charge in [0.1, 0.15) is 11.6 Å². The van der Waals surface area contributed by atoms with Crippen molar-refractivity contribution < 1.29 is 30.3 Å². The minimum Gasteiger partial charge on any atom is -0.550 e. The highest BCUT2D eigenvalue weighted by molar-refractivity contribution is 5.81. The van der Waals surface area contributed by atoms with E-state index in [1.165, 1.54) is 0 Å². The number of hydrogen-bond acceptors (Lipinski definition) is 6. The van der Waals surface area contributed by atoms with Gasteiger partial charge in [-0.25, -0.2) is 9.59 Å². The van der Waals surface area contributed by atoms with Crippen molar-refractivity contribution in [2.24, 2.45) is 0 Å². The van der Waals surface area contributed by atoms with E-state index in [1.54, 1.807) is 20.8 Å². The highest BCUT2D eigenvalue weighted by atomic mass is 16.6. The Bertz CT molecular complexity index is 365. The molecule has 0 heterocycles. The Labute approximate surface area is 107 Å². The van der Waals surface area contributed by atoms with Crippen LogP contribution in [0.4, 0.5) is 4.79 Å². The lowest BCUT2D eigenvalue weighted by Gasteiger charge is -2.22. The lowest BCUT2D eigenvalue weighted by Crippen LogP contribution is -2.44. The Balaban J connectivity index is 4.81. The van der Waals surface area contributed by atoms with Gasteiger partial charge in [0, 0.05) is 5.97 Å². The fourth-order valence-electron chi connectivity index (χ4n) is 0.993. The van der Waals surface area contributed by atoms with Crippen LogP contribution < -0.4 is 10.4 Å². The van der Waals surface area contributed by atoms with E-state index in [1.807, 2.05) is 5.32 Å². The van der Waals surface area contributed by atoms with Crippen molar-refractivity contribution in [2.75, 3.05) is 7.11 Å². The third-order valence-corrected chi connectivity index (χ3v) is 1.66. The number of hydrogen-bond donors (Lipinski definition) is 1. The predicted molar refractivity (Wildman–Crippen MR) is 59.4 cm³/mol. The first-order valence-corrected chi connectivity index (χ1v) is 5.29. The molecule has 0 aliphatic carbocycles. The van der Waals surface area contributed by atoms with Crippen LogP contribution in [0.2, 0.25) is 0 Å². The topological polar surface area (TPSA) is 105 Å². The zero-order valence-electron chi connectivity index (χ0n) is 11.9. The molecule has 0 spiro atoms. The Hall–Kier alpha value is -1.79. The normalized spacial score (nSPS) is 15.0. The van der Waals surface area contributed by atoms with Crippen LogP contribution in [0.3, 0.4) is 0 Å². The summed E-state index contributed by atoms with van der Waals surface area (Å²) in [4.78, 5) is 33.4. The number of aliphatic carboxylic acids is 1. The van der Waals surface area contributed by atoms with Gasteiger partial charge < -0.3 is 24.7 Å². The quantitative estimate of drug-likeness (QED) is 0.674. The molecule has 0 aromatic heterocycles. The first-order valence-electron chi connectivity index (χ1n) is 5.79. The number of carboxylic acids is 1. The molecule has 104 valence electrons. The maximum atomic E-state index is 11.5. The van der Waals surface area contributed by atoms with E-state index in [0.29, 0.717) is 0 Å². The van der Waals surface area contributed by atoms with E-state index in [0.717, 1.165) is 7.11 Å². The number of methoxy groups -OCH3 is 1. The Morgan fingerprint density at radius 2 is 1.94 bits per heavy atom. The van der Waals surface area contributed by atoms with Gasteiger partial charge in [-0.3, -0.25) is 0 Å². The predicted octanol–water partition coefficient (Wildman–Crippen LogP) is -0.417. The smallest absolute Gasteiger partial charge is 0.408 e. The van der Waals surface area contributed by atoms with Crippen molar-refractivity contribution >= 4 is 18.0 Å². The van der Waals surface area contributed by atoms with Crippen LogP contribution in [0.5, 0.6) is 0 Å². The van der Waals surface area contributed by atoms with Crippen molar-refractivity contribution in [3.05, 3.63) is 0 Å². The maximum Gasteiger partial charge on any atom is 0.408 e. The number of carbonyl (C=O) groups excluding carboxylic acids is 3. The molecule has 0 fully saturated rings. The molecule has 0 saturated carbocycles. The number of carboxylic acid groups (broad SMARTS) is 1. The van der Waals surface area contributed by atoms with E-state index >= 15 is 0 Å². The molecule has 0 aromatic carbocycles. The summed E-state index contributed by atoms with van der Waals surface area (Å²) in [6, 6.07) is -2.23. The van der Waals surface area contributed by atoms with Crippen molar-refractivity contribution in [3.8, 4) is 0 Å². The summed E-state index contributed by atoms with van der Waals surface area (Å²) in [7, 11) is 1.03. The van der Waals surface area contributed by atoms with Crippen molar-refractivity contribution in [1.29, 1.82) is 0 Å². The van der Waals surface area contributed by atoms with Crippen LogP contribution in [-0.2, 0) is 19.1 Å². The molecule has 0 aliphatic heterocycles. The summed E-state index contributed by atoms with van der Waals surface area (Å²) in [5.74, 6) is -2.52. The summed E-state index contributed by atoms with van der Waals surface area (Å²) in [5, 5.41) is 12.4. The van der Waals surface area contributed by atoms with Gasteiger partial charge in [-0.2, -0.15) is 0 Å². The lowest BCUT2D eigenvalue weighted by molar-refractivity contribution is -0.305. The second-order valence-electron chi connectivity index (χ2n) is 4.47. The molecule has 7 nitrogen and oxygen atoms in total. The standard InChI is InChI=1S/C11H19NO6/c1-11(2,3)18-10(16)12-7(9(15)17-4)5-6-8(13)14/h7H,5-6H2,1-4H3,(H,12,16)(H,13,14)/p-1/i7D. The molecule has 18 heavy (non-hydrogen) atoms. The van der Waals surface area contributed by atoms with Crippen LogP contribution in [0.15, 0.2) is 0 Å². The first kappa shape index (κ1) is 14.3. The molecule has 1 N–H and O–H groups in total. The average Bonchev–Trinajstić information content (AvgIpc) is 2.22. The van der Waals surface area contributed by atoms with E-state index in [4.69, 9.17) is 6.11 Å². The first-order chi connectivity index (χ1) is 8.50. The third-order valence-electron chi connectivity index (χ3n) is 1.66. The van der Waals surface area contributed by atoms with Gasteiger partial charge in [0.15, 0.2) is 0 Å². The molecule has 0 aliphatic rings. The molecule has 1 amide bonds. The molecule has 0 rings (SSSR count). The molecule has 7 heteroatoms. The van der Waals surface area contributed by atoms with Gasteiger partial charge in [-0.05, 0) is 33.6 Å². The van der Waals surface area contributed by atoms with Crippen molar-refractivity contribution in [2.45, 2.75) is 45.2 Å². The van der Waals surface area contributed by atoms with Gasteiger partial charge in [-0.15, -0.1) is 0 Å². The Morgan fingerprint density at radius 3 is 2.33 bits per heavy atom. The van der Waals surface area contributed by atoms with Crippen molar-refractivity contribution in [1.82, 2.24) is 5.32 Å². The Kier molecular flexibility index (Phi) is 5.41. The fourth-order valence-corrected chi connectivity index (χ4v) is 0.993. The number of amides is 1. The third kappa shape index (κ3) is 7.48. The minimum atomic E-state index is -2.23. The van der Waals surface area contributed by atoms with Gasteiger partial charge in [-0.1, -0.05) is 0 Å². The Morgan fingerprint density at radius 1 is 1.39 bits per heavy atom. The molecule has 1 atom stereocenters. The van der Waals surface area contributed by atoms with Crippen LogP contribution in [0.1, 0.15) is 35.0 Å². The van der Waals surface area contributed by atoms with Crippen LogP contribution in [-0.4, -0.2) is 36.8 Å². The molecular formula is C11H18NO6-. The van der Waals surface area contributed by atoms with Gasteiger partial charge in [0.25, 0.3) is 0 Å². The number of rotatable bonds is 5. The minimum absolute atomic E-state index is 0.485. The number of carbonyl (C=O) groups is 3. The molecule has 0 radical (unpaired) electrons. The lowest BCUT2D eigenvalue weighted by atomic mass is 10.1. The zero-order chi connectivity index (χ0) is 15.3. The second-order valence-corrected chi connectivity index (χ2v) is 4.47. The highest BCUT2D eigenvalue weighted by Crippen LogP contribution is 2.08. The number of ether oxygens (including phenoxy) is 2. The number of esters is 1. The molecular weight excluding hydrogens is 242 g/mol. The molecule has 1 unspecified atom stereocenters. The van der Waals surface area contributed by atoms with E-state index in [2.05, 4.69) is 4.74 Å². The van der Waals surface area contributed by atoms with Gasteiger partial charge >= 0.3 is 12.1 Å². The van der Waals surface area contributed by atoms with Gasteiger partial charge in [0.2, 0.25) is 0 Å². The van der Waals surface area contributed by atoms with E-state index in [9.17, 15) is 19.5 Å². The van der Waals surface area contributed by atoms with E-state index in [-0.39, 0.29) is 0 Å². The summed E-state index contributed by atoms with van der Waals surface area (Å²) in [6.45, 7) is 4.83. The maximum absolute atomic E-state index is 11.5. The summed E-state index contributed by atoms with van der Waals surface area (Å²) >= 11 is 0. The summed E-state index contributed by atoms with van der Waals surface area (Å²) in [6.07, 6.45) is -2.07. The number of nitrogens with one attached hydrogen (secondary N) is 1. The van der Waals surface area contributed by atoms with Crippen molar-refractivity contribution in [3.63, 3.8) is 0 Å². The van der Waals surface area contributed by atoms with E-state index < -0.39 is 42.5 Å². The second kappa shape index (κ2) is 6.83. The summed E-state index contributed by atoms with van der Waals surface area (Å²) in [5.41, 5.74) is -0.810. The monoisotopic (exact) mass is 261 g/mol. The number of alkyl carbamates (subject to hydrolysis) is 1. The SMILES string of the molecule is [2H]C(CCC(=O)[O-])(NC(=O)OC(C)(C)C)C(=O)OC. The fraction of sp³-hybridized carbons (Fsp3) is 0.727. The zero-order valence-corrected chi connectivity index (χ0v) is 10.9.